The highest BCUT2D eigenvalue weighted by atomic mass is 16.2. The van der Waals surface area contributed by atoms with Gasteiger partial charge in [-0.3, -0.25) is 9.36 Å². The van der Waals surface area contributed by atoms with Crippen LogP contribution in [0.25, 0.3) is 10.9 Å². The van der Waals surface area contributed by atoms with Gasteiger partial charge < -0.3 is 9.88 Å². The first-order valence-electron chi connectivity index (χ1n) is 6.90. The molecule has 0 fully saturated rings. The van der Waals surface area contributed by atoms with Crippen molar-refractivity contribution in [2.24, 2.45) is 0 Å². The normalized spacial score (nSPS) is 10.8. The van der Waals surface area contributed by atoms with Crippen molar-refractivity contribution >= 4 is 16.7 Å². The quantitative estimate of drug-likeness (QED) is 0.788. The number of benzene rings is 1. The van der Waals surface area contributed by atoms with E-state index in [1.807, 2.05) is 25.1 Å². The van der Waals surface area contributed by atoms with Crippen LogP contribution in [-0.4, -0.2) is 28.6 Å². The van der Waals surface area contributed by atoms with Gasteiger partial charge in [-0.15, -0.1) is 0 Å². The topological polar surface area (TPSA) is 71.0 Å². The highest BCUT2D eigenvalue weighted by molar-refractivity contribution is 5.76. The highest BCUT2D eigenvalue weighted by Gasteiger charge is 2.08. The van der Waals surface area contributed by atoms with Gasteiger partial charge in [0.05, 0.1) is 17.4 Å². The molecule has 6 heteroatoms. The van der Waals surface area contributed by atoms with E-state index in [4.69, 9.17) is 0 Å². The van der Waals surface area contributed by atoms with Crippen molar-refractivity contribution in [3.8, 4) is 0 Å². The number of fused-ring (bicyclic) bond motifs is 1. The Morgan fingerprint density at radius 3 is 2.73 bits per heavy atom. The van der Waals surface area contributed by atoms with Crippen LogP contribution in [0.2, 0.25) is 0 Å². The minimum atomic E-state index is -0.410. The third kappa shape index (κ3) is 2.50. The summed E-state index contributed by atoms with van der Waals surface area (Å²) in [6, 6.07) is 10.7. The molecule has 0 unspecified atom stereocenters. The van der Waals surface area contributed by atoms with Crippen molar-refractivity contribution in [1.82, 2.24) is 14.5 Å². The molecule has 3 aromatic rings. The lowest BCUT2D eigenvalue weighted by Crippen LogP contribution is -2.35. The second-order valence-electron chi connectivity index (χ2n) is 5.28. The molecule has 22 heavy (non-hydrogen) atoms. The number of aromatic nitrogens is 3. The molecular weight excluding hydrogens is 280 g/mol. The van der Waals surface area contributed by atoms with E-state index in [9.17, 15) is 9.59 Å². The Morgan fingerprint density at radius 2 is 1.95 bits per heavy atom. The zero-order chi connectivity index (χ0) is 15.7. The number of rotatable bonds is 3. The van der Waals surface area contributed by atoms with E-state index in [0.29, 0.717) is 10.9 Å². The maximum absolute atomic E-state index is 12.5. The van der Waals surface area contributed by atoms with Gasteiger partial charge in [0.15, 0.2) is 0 Å². The zero-order valence-corrected chi connectivity index (χ0v) is 12.4. The minimum Gasteiger partial charge on any atom is -0.363 e. The van der Waals surface area contributed by atoms with Gasteiger partial charge in [0.2, 0.25) is 0 Å². The molecule has 3 rings (SSSR count). The Morgan fingerprint density at radius 1 is 1.18 bits per heavy atom. The van der Waals surface area contributed by atoms with Crippen LogP contribution in [0, 0.1) is 0 Å². The molecule has 0 amide bonds. The number of aromatic amines is 1. The number of pyridine rings is 1. The summed E-state index contributed by atoms with van der Waals surface area (Å²) in [5, 5.41) is 0.504. The summed E-state index contributed by atoms with van der Waals surface area (Å²) in [7, 11) is 3.78. The molecule has 1 aromatic carbocycles. The van der Waals surface area contributed by atoms with Gasteiger partial charge in [-0.2, -0.15) is 0 Å². The fourth-order valence-electron chi connectivity index (χ4n) is 2.33. The van der Waals surface area contributed by atoms with Crippen molar-refractivity contribution in [3.63, 3.8) is 0 Å². The summed E-state index contributed by atoms with van der Waals surface area (Å²) < 4.78 is 1.21. The Bertz CT molecular complexity index is 941. The zero-order valence-electron chi connectivity index (χ0n) is 12.4. The van der Waals surface area contributed by atoms with Crippen LogP contribution >= 0.6 is 0 Å². The number of nitrogens with one attached hydrogen (secondary N) is 1. The number of nitrogens with zero attached hydrogens (tertiary/aromatic N) is 3. The molecule has 1 N–H and O–H groups in total. The lowest BCUT2D eigenvalue weighted by atomic mass is 10.2. The van der Waals surface area contributed by atoms with E-state index < -0.39 is 5.69 Å². The summed E-state index contributed by atoms with van der Waals surface area (Å²) >= 11 is 0. The molecule has 6 nitrogen and oxygen atoms in total. The Balaban J connectivity index is 2.10. The van der Waals surface area contributed by atoms with Crippen LogP contribution in [0.3, 0.4) is 0 Å². The molecule has 0 aliphatic carbocycles. The number of H-pyrrole nitrogens is 1. The maximum atomic E-state index is 12.5. The number of anilines is 1. The van der Waals surface area contributed by atoms with Gasteiger partial charge in [-0.25, -0.2) is 9.78 Å². The fraction of sp³-hybridized carbons (Fsp3) is 0.188. The van der Waals surface area contributed by atoms with E-state index in [2.05, 4.69) is 9.97 Å². The maximum Gasteiger partial charge on any atom is 0.329 e. The van der Waals surface area contributed by atoms with Gasteiger partial charge in [0.1, 0.15) is 5.82 Å². The molecule has 0 spiro atoms. The average Bonchev–Trinajstić information content (AvgIpc) is 2.52. The van der Waals surface area contributed by atoms with Crippen LogP contribution < -0.4 is 16.1 Å². The molecule has 0 saturated carbocycles. The van der Waals surface area contributed by atoms with E-state index in [1.165, 1.54) is 4.57 Å². The van der Waals surface area contributed by atoms with Crippen LogP contribution in [-0.2, 0) is 6.54 Å². The standard InChI is InChI=1S/C16H16N4O2/c1-19(2)14-9-11(7-8-17-14)10-20-15(21)12-5-3-4-6-13(12)18-16(20)22/h3-9H,10H2,1-2H3,(H,18,22). The Labute approximate surface area is 126 Å². The molecule has 0 saturated heterocycles. The second kappa shape index (κ2) is 5.48. The van der Waals surface area contributed by atoms with Crippen LogP contribution in [0.1, 0.15) is 5.56 Å². The van der Waals surface area contributed by atoms with Gasteiger partial charge in [-0.05, 0) is 29.8 Å². The lowest BCUT2D eigenvalue weighted by molar-refractivity contribution is 0.710. The summed E-state index contributed by atoms with van der Waals surface area (Å²) in [6.45, 7) is 0.211. The van der Waals surface area contributed by atoms with Crippen molar-refractivity contribution in [2.75, 3.05) is 19.0 Å². The van der Waals surface area contributed by atoms with E-state index in [1.54, 1.807) is 36.5 Å². The SMILES string of the molecule is CN(C)c1cc(Cn2c(=O)[nH]c3ccccc3c2=O)ccn1. The third-order valence-electron chi connectivity index (χ3n) is 3.50. The second-order valence-corrected chi connectivity index (χ2v) is 5.28. The third-order valence-corrected chi connectivity index (χ3v) is 3.50. The summed E-state index contributed by atoms with van der Waals surface area (Å²) in [5.74, 6) is 0.780. The van der Waals surface area contributed by atoms with Crippen molar-refractivity contribution in [2.45, 2.75) is 6.54 Å². The van der Waals surface area contributed by atoms with Crippen molar-refractivity contribution < 1.29 is 0 Å². The predicted molar refractivity (Wildman–Crippen MR) is 86.5 cm³/mol. The molecule has 2 aromatic heterocycles. The fourth-order valence-corrected chi connectivity index (χ4v) is 2.33. The van der Waals surface area contributed by atoms with Crippen LogP contribution in [0.15, 0.2) is 52.2 Å². The van der Waals surface area contributed by atoms with Gasteiger partial charge >= 0.3 is 5.69 Å². The molecule has 0 radical (unpaired) electrons. The molecular formula is C16H16N4O2. The van der Waals surface area contributed by atoms with Crippen molar-refractivity contribution in [3.05, 3.63) is 69.0 Å². The molecule has 0 bridgehead atoms. The number of para-hydroxylation sites is 1. The minimum absolute atomic E-state index is 0.211. The molecule has 0 aliphatic heterocycles. The Kier molecular flexibility index (Phi) is 3.50. The molecule has 0 atom stereocenters. The molecule has 2 heterocycles. The predicted octanol–water partition coefficient (Wildman–Crippen LogP) is 1.20. The first kappa shape index (κ1) is 14.1. The lowest BCUT2D eigenvalue weighted by Gasteiger charge is -2.12. The molecule has 0 aliphatic rings. The van der Waals surface area contributed by atoms with Gasteiger partial charge in [0, 0.05) is 20.3 Å². The Hall–Kier alpha value is -2.89. The molecule has 112 valence electrons. The van der Waals surface area contributed by atoms with Crippen LogP contribution in [0.5, 0.6) is 0 Å². The summed E-state index contributed by atoms with van der Waals surface area (Å²) in [4.78, 5) is 33.5. The van der Waals surface area contributed by atoms with E-state index in [-0.39, 0.29) is 12.1 Å². The average molecular weight is 296 g/mol. The first-order chi connectivity index (χ1) is 10.6. The largest absolute Gasteiger partial charge is 0.363 e. The van der Waals surface area contributed by atoms with Gasteiger partial charge in [-0.1, -0.05) is 12.1 Å². The van der Waals surface area contributed by atoms with E-state index >= 15 is 0 Å². The van der Waals surface area contributed by atoms with Crippen LogP contribution in [0.4, 0.5) is 5.82 Å². The smallest absolute Gasteiger partial charge is 0.329 e. The monoisotopic (exact) mass is 296 g/mol. The van der Waals surface area contributed by atoms with Crippen molar-refractivity contribution in [1.29, 1.82) is 0 Å². The first-order valence-corrected chi connectivity index (χ1v) is 6.90. The highest BCUT2D eigenvalue weighted by Crippen LogP contribution is 2.10. The van der Waals surface area contributed by atoms with Gasteiger partial charge in [0.25, 0.3) is 5.56 Å². The summed E-state index contributed by atoms with van der Waals surface area (Å²) in [6.07, 6.45) is 1.67. The number of hydrogen-bond donors (Lipinski definition) is 1. The van der Waals surface area contributed by atoms with E-state index in [0.717, 1.165) is 11.4 Å². The number of hydrogen-bond acceptors (Lipinski definition) is 4. The summed E-state index contributed by atoms with van der Waals surface area (Å²) in [5.41, 5.74) is 0.702.